The maximum absolute atomic E-state index is 12.6. The second-order valence-electron chi connectivity index (χ2n) is 7.55. The summed E-state index contributed by atoms with van der Waals surface area (Å²) in [4.78, 5) is 26.4. The molecule has 0 unspecified atom stereocenters. The van der Waals surface area contributed by atoms with E-state index in [1.165, 1.54) is 0 Å². The van der Waals surface area contributed by atoms with Gasteiger partial charge in [-0.15, -0.1) is 0 Å². The minimum Gasteiger partial charge on any atom is -0.347 e. The fourth-order valence-electron chi connectivity index (χ4n) is 3.52. The molecule has 0 saturated heterocycles. The smallest absolute Gasteiger partial charge is 0.242 e. The van der Waals surface area contributed by atoms with Gasteiger partial charge in [0.05, 0.1) is 11.4 Å². The third-order valence-corrected chi connectivity index (χ3v) is 6.67. The topological polar surface area (TPSA) is 95.6 Å². The number of hydrogen-bond acceptors (Lipinski definition) is 4. The number of nitrogens with zero attached hydrogens (tertiary/aromatic N) is 1. The Labute approximate surface area is 184 Å². The fraction of sp³-hybridized carbons (Fsp3) is 0.391. The van der Waals surface area contributed by atoms with Crippen LogP contribution in [0.25, 0.3) is 0 Å². The molecule has 31 heavy (non-hydrogen) atoms. The molecule has 8 heteroatoms. The van der Waals surface area contributed by atoms with Crippen LogP contribution in [-0.2, 0) is 26.2 Å². The molecular formula is C23H31N3O4S. The zero-order valence-electron chi connectivity index (χ0n) is 18.6. The Balaban J connectivity index is 1.83. The summed E-state index contributed by atoms with van der Waals surface area (Å²) in [5.74, 6) is -0.574. The van der Waals surface area contributed by atoms with Gasteiger partial charge < -0.3 is 10.2 Å². The number of likely N-dealkylation sites (N-methyl/N-ethyl adjacent to an activating group) is 1. The van der Waals surface area contributed by atoms with E-state index in [2.05, 4.69) is 10.0 Å². The van der Waals surface area contributed by atoms with E-state index in [0.717, 1.165) is 11.1 Å². The Kier molecular flexibility index (Phi) is 8.76. The molecule has 2 aromatic carbocycles. The lowest BCUT2D eigenvalue weighted by atomic mass is 10.1. The van der Waals surface area contributed by atoms with Gasteiger partial charge in [0.1, 0.15) is 0 Å². The number of amides is 2. The van der Waals surface area contributed by atoms with Crippen molar-refractivity contribution < 1.29 is 18.0 Å². The number of benzene rings is 2. The lowest BCUT2D eigenvalue weighted by molar-refractivity contribution is -0.133. The molecule has 7 nitrogen and oxygen atoms in total. The SMILES string of the molecule is CCN(Cc1ccccc1)C(=O)CNC(=O)CCNS(=O)(=O)c1c(C)cc(C)cc1C. The minimum atomic E-state index is -3.72. The molecule has 2 rings (SSSR count). The van der Waals surface area contributed by atoms with Crippen molar-refractivity contribution in [3.05, 3.63) is 64.7 Å². The van der Waals surface area contributed by atoms with E-state index in [1.54, 1.807) is 18.7 Å². The van der Waals surface area contributed by atoms with Crippen LogP contribution in [0.4, 0.5) is 0 Å². The zero-order chi connectivity index (χ0) is 23.0. The Bertz CT molecular complexity index is 997. The monoisotopic (exact) mass is 445 g/mol. The van der Waals surface area contributed by atoms with Crippen LogP contribution in [0.2, 0.25) is 0 Å². The lowest BCUT2D eigenvalue weighted by Gasteiger charge is -2.21. The summed E-state index contributed by atoms with van der Waals surface area (Å²) in [6.45, 7) is 8.13. The summed E-state index contributed by atoms with van der Waals surface area (Å²) >= 11 is 0. The molecule has 0 saturated carbocycles. The first kappa shape index (κ1) is 24.6. The minimum absolute atomic E-state index is 0.0450. The molecule has 0 fully saturated rings. The van der Waals surface area contributed by atoms with Crippen LogP contribution in [0, 0.1) is 20.8 Å². The van der Waals surface area contributed by atoms with Crippen molar-refractivity contribution in [3.8, 4) is 0 Å². The number of carbonyl (C=O) groups is 2. The van der Waals surface area contributed by atoms with Gasteiger partial charge in [0.2, 0.25) is 21.8 Å². The van der Waals surface area contributed by atoms with Crippen LogP contribution in [0.3, 0.4) is 0 Å². The summed E-state index contributed by atoms with van der Waals surface area (Å²) in [5.41, 5.74) is 3.34. The highest BCUT2D eigenvalue weighted by Gasteiger charge is 2.20. The number of carbonyl (C=O) groups excluding carboxylic acids is 2. The van der Waals surface area contributed by atoms with E-state index in [1.807, 2.05) is 56.3 Å². The van der Waals surface area contributed by atoms with Gasteiger partial charge in [-0.1, -0.05) is 48.0 Å². The number of hydrogen-bond donors (Lipinski definition) is 2. The van der Waals surface area contributed by atoms with E-state index in [9.17, 15) is 18.0 Å². The van der Waals surface area contributed by atoms with Gasteiger partial charge >= 0.3 is 0 Å². The average Bonchev–Trinajstić information content (AvgIpc) is 2.69. The van der Waals surface area contributed by atoms with Gasteiger partial charge in [0.25, 0.3) is 0 Å². The van der Waals surface area contributed by atoms with E-state index >= 15 is 0 Å². The summed E-state index contributed by atoms with van der Waals surface area (Å²) in [5, 5.41) is 2.57. The summed E-state index contributed by atoms with van der Waals surface area (Å²) in [6, 6.07) is 13.3. The fourth-order valence-corrected chi connectivity index (χ4v) is 5.00. The molecule has 0 aromatic heterocycles. The molecule has 2 amide bonds. The molecule has 0 radical (unpaired) electrons. The Morgan fingerprint density at radius 3 is 2.19 bits per heavy atom. The van der Waals surface area contributed by atoms with Gasteiger partial charge in [0, 0.05) is 26.1 Å². The number of sulfonamides is 1. The molecule has 0 spiro atoms. The molecule has 0 aliphatic carbocycles. The Hall–Kier alpha value is -2.71. The first-order valence-electron chi connectivity index (χ1n) is 10.3. The molecule has 2 aromatic rings. The molecule has 0 aliphatic rings. The van der Waals surface area contributed by atoms with Crippen LogP contribution in [0.15, 0.2) is 47.4 Å². The van der Waals surface area contributed by atoms with Crippen molar-refractivity contribution in [2.75, 3.05) is 19.6 Å². The van der Waals surface area contributed by atoms with E-state index in [-0.39, 0.29) is 36.2 Å². The molecule has 0 heterocycles. The van der Waals surface area contributed by atoms with E-state index in [0.29, 0.717) is 24.2 Å². The molecule has 168 valence electrons. The van der Waals surface area contributed by atoms with Gasteiger partial charge in [-0.3, -0.25) is 9.59 Å². The first-order valence-corrected chi connectivity index (χ1v) is 11.8. The number of aryl methyl sites for hydroxylation is 3. The number of rotatable bonds is 10. The second-order valence-corrected chi connectivity index (χ2v) is 9.25. The molecule has 0 atom stereocenters. The van der Waals surface area contributed by atoms with Crippen molar-refractivity contribution >= 4 is 21.8 Å². The first-order chi connectivity index (χ1) is 14.6. The molecule has 0 bridgehead atoms. The van der Waals surface area contributed by atoms with Crippen LogP contribution in [0.1, 0.15) is 35.6 Å². The Morgan fingerprint density at radius 2 is 1.61 bits per heavy atom. The van der Waals surface area contributed by atoms with Crippen molar-refractivity contribution in [1.29, 1.82) is 0 Å². The highest BCUT2D eigenvalue weighted by atomic mass is 32.2. The van der Waals surface area contributed by atoms with E-state index < -0.39 is 10.0 Å². The predicted molar refractivity (Wildman–Crippen MR) is 121 cm³/mol. The lowest BCUT2D eigenvalue weighted by Crippen LogP contribution is -2.40. The van der Waals surface area contributed by atoms with Crippen LogP contribution in [0.5, 0.6) is 0 Å². The average molecular weight is 446 g/mol. The molecule has 2 N–H and O–H groups in total. The Morgan fingerprint density at radius 1 is 1.00 bits per heavy atom. The zero-order valence-corrected chi connectivity index (χ0v) is 19.4. The van der Waals surface area contributed by atoms with Crippen molar-refractivity contribution in [1.82, 2.24) is 14.9 Å². The third kappa shape index (κ3) is 7.18. The maximum atomic E-state index is 12.6. The molecular weight excluding hydrogens is 414 g/mol. The largest absolute Gasteiger partial charge is 0.347 e. The van der Waals surface area contributed by atoms with Gasteiger partial charge in [-0.2, -0.15) is 0 Å². The third-order valence-electron chi connectivity index (χ3n) is 4.91. The highest BCUT2D eigenvalue weighted by Crippen LogP contribution is 2.21. The number of nitrogens with one attached hydrogen (secondary N) is 2. The van der Waals surface area contributed by atoms with Crippen molar-refractivity contribution in [2.45, 2.75) is 45.6 Å². The van der Waals surface area contributed by atoms with Crippen LogP contribution >= 0.6 is 0 Å². The molecule has 0 aliphatic heterocycles. The van der Waals surface area contributed by atoms with Gasteiger partial charge in [-0.05, 0) is 44.4 Å². The van der Waals surface area contributed by atoms with Gasteiger partial charge in [0.15, 0.2) is 0 Å². The highest BCUT2D eigenvalue weighted by molar-refractivity contribution is 7.89. The van der Waals surface area contributed by atoms with Crippen molar-refractivity contribution in [3.63, 3.8) is 0 Å². The maximum Gasteiger partial charge on any atom is 0.242 e. The predicted octanol–water partition coefficient (Wildman–Crippen LogP) is 2.45. The van der Waals surface area contributed by atoms with Crippen molar-refractivity contribution in [2.24, 2.45) is 0 Å². The standard InChI is InChI=1S/C23H31N3O4S/c1-5-26(16-20-9-7-6-8-10-20)22(28)15-24-21(27)11-12-25-31(29,30)23-18(3)13-17(2)14-19(23)4/h6-10,13-14,25H,5,11-12,15-16H2,1-4H3,(H,24,27). The second kappa shape index (κ2) is 11.1. The van der Waals surface area contributed by atoms with Gasteiger partial charge in [-0.25, -0.2) is 13.1 Å². The summed E-state index contributed by atoms with van der Waals surface area (Å²) < 4.78 is 27.7. The normalized spacial score (nSPS) is 11.2. The summed E-state index contributed by atoms with van der Waals surface area (Å²) in [7, 11) is -3.72. The van der Waals surface area contributed by atoms with E-state index in [4.69, 9.17) is 0 Å². The quantitative estimate of drug-likeness (QED) is 0.587. The van der Waals surface area contributed by atoms with Crippen LogP contribution in [-0.4, -0.2) is 44.8 Å². The summed E-state index contributed by atoms with van der Waals surface area (Å²) in [6.07, 6.45) is -0.0543. The van der Waals surface area contributed by atoms with Crippen LogP contribution < -0.4 is 10.0 Å².